The maximum absolute atomic E-state index is 8.00. The van der Waals surface area contributed by atoms with Crippen LogP contribution in [0.3, 0.4) is 0 Å². The monoisotopic (exact) mass is 671 g/mol. The third-order valence-corrected chi connectivity index (χ3v) is 4.96. The molecule has 0 unspecified atom stereocenters. The van der Waals surface area contributed by atoms with Crippen molar-refractivity contribution < 1.29 is 16.8 Å². The maximum atomic E-state index is 8.00. The van der Waals surface area contributed by atoms with E-state index in [1.165, 1.54) is 24.3 Å². The van der Waals surface area contributed by atoms with E-state index in [9.17, 15) is 0 Å². The van der Waals surface area contributed by atoms with Crippen LogP contribution in [0.15, 0.2) is 32.0 Å². The van der Waals surface area contributed by atoms with Crippen molar-refractivity contribution in [2.45, 2.75) is 40.5 Å². The third kappa shape index (κ3) is 1930. The molecule has 23 heteroatoms. The Morgan fingerprint density at radius 3 is 0.541 bits per heavy atom. The Bertz CT molecular complexity index is 289. The van der Waals surface area contributed by atoms with E-state index in [0.717, 1.165) is 43.5 Å². The molecule has 0 aromatic rings. The van der Waals surface area contributed by atoms with Crippen LogP contribution in [0.4, 0.5) is 0 Å². The average molecular weight is 672 g/mol. The molecule has 0 bridgehead atoms. The van der Waals surface area contributed by atoms with Crippen LogP contribution in [-0.4, -0.2) is 48.0 Å². The summed E-state index contributed by atoms with van der Waals surface area (Å²) in [6.45, 7) is 8.69. The van der Waals surface area contributed by atoms with Gasteiger partial charge in [0.25, 0.3) is 0 Å². The van der Waals surface area contributed by atoms with E-state index < -0.39 is 0 Å². The fraction of sp³-hybridized carbons (Fsp3) is 1.00. The van der Waals surface area contributed by atoms with Gasteiger partial charge in [0.2, 0.25) is 0 Å². The summed E-state index contributed by atoms with van der Waals surface area (Å²) in [5, 5.41) is 54.0. The average Bonchev–Trinajstić information content (AvgIpc) is 2.83. The molecule has 0 saturated heterocycles. The molecule has 0 aliphatic carbocycles. The van der Waals surface area contributed by atoms with Crippen LogP contribution in [0, 0.1) is 60.7 Å². The predicted molar refractivity (Wildman–Crippen MR) is 165 cm³/mol. The molecule has 0 saturated carbocycles. The fourth-order valence-electron chi connectivity index (χ4n) is 0. The minimum absolute atomic E-state index is 0. The van der Waals surface area contributed by atoms with Crippen LogP contribution in [0.1, 0.15) is 40.5 Å². The zero-order valence-electron chi connectivity index (χ0n) is 22.0. The quantitative estimate of drug-likeness (QED) is 0.232. The first-order valence-electron chi connectivity index (χ1n) is 8.94. The molecule has 0 rings (SSSR count). The van der Waals surface area contributed by atoms with Gasteiger partial charge in [-0.05, 0) is 73.7 Å². The Kier molecular flexibility index (Phi) is 272. The largest absolute Gasteiger partial charge is 2.00 e. The molecule has 0 heterocycles. The van der Waals surface area contributed by atoms with Gasteiger partial charge in [-0.15, -0.1) is 32.0 Å². The Hall–Kier alpha value is -1.69. The second-order valence-corrected chi connectivity index (χ2v) is 10.6. The van der Waals surface area contributed by atoms with Gasteiger partial charge in [-0.1, -0.05) is 13.8 Å². The number of rotatable bonds is 4. The minimum atomic E-state index is 0. The van der Waals surface area contributed by atoms with Crippen molar-refractivity contribution >= 4 is 47.0 Å². The molecule has 0 N–H and O–H groups in total. The normalized spacial score (nSPS) is 6.16. The van der Waals surface area contributed by atoms with Gasteiger partial charge in [-0.2, -0.15) is 0 Å². The zero-order valence-corrected chi connectivity index (χ0v) is 26.6. The summed E-state index contributed by atoms with van der Waals surface area (Å²) in [7, 11) is 1.35. The molecule has 0 fully saturated rings. The first kappa shape index (κ1) is 70.3. The van der Waals surface area contributed by atoms with Crippen LogP contribution >= 0.6 is 0 Å². The second-order valence-electron chi connectivity index (χ2n) is 4.50. The van der Waals surface area contributed by atoms with Gasteiger partial charge in [0.05, 0.1) is 25.0 Å². The van der Waals surface area contributed by atoms with Crippen LogP contribution in [0.5, 0.6) is 0 Å². The molecule has 0 spiro atoms. The van der Waals surface area contributed by atoms with E-state index in [0.29, 0.717) is 21.8 Å². The smallest absolute Gasteiger partial charge is 0.444 e. The summed E-state index contributed by atoms with van der Waals surface area (Å²) in [6, 6.07) is 0. The summed E-state index contributed by atoms with van der Waals surface area (Å²) in [5.41, 5.74) is 0. The number of hydrogen-bond donors (Lipinski definition) is 0. The molecular weight excluding hydrogens is 631 g/mol. The van der Waals surface area contributed by atoms with Gasteiger partial charge < -0.3 is 60.7 Å². The molecular formula is C14H40CoN6O12S4. The van der Waals surface area contributed by atoms with E-state index in [2.05, 4.69) is 78.0 Å². The van der Waals surface area contributed by atoms with E-state index in [-0.39, 0.29) is 16.8 Å². The van der Waals surface area contributed by atoms with E-state index in [1.807, 2.05) is 0 Å². The first-order valence-corrected chi connectivity index (χ1v) is 14.8. The summed E-state index contributed by atoms with van der Waals surface area (Å²) in [5.74, 6) is 4.92. The van der Waals surface area contributed by atoms with Gasteiger partial charge >= 0.3 is 16.8 Å². The third-order valence-electron chi connectivity index (χ3n) is 1.65. The van der Waals surface area contributed by atoms with E-state index in [4.69, 9.17) is 60.7 Å². The molecule has 1 radical (unpaired) electrons. The molecule has 0 aliphatic heterocycles. The van der Waals surface area contributed by atoms with Crippen molar-refractivity contribution in [1.82, 2.24) is 0 Å². The Morgan fingerprint density at radius 1 is 0.486 bits per heavy atom. The van der Waals surface area contributed by atoms with Crippen LogP contribution in [0.25, 0.3) is 0 Å². The summed E-state index contributed by atoms with van der Waals surface area (Å²) in [4.78, 5) is 48.0. The molecule has 0 aromatic heterocycles. The molecule has 0 aromatic carbocycles. The maximum Gasteiger partial charge on any atom is 2.00 e. The van der Waals surface area contributed by atoms with Crippen molar-refractivity contribution in [1.29, 1.82) is 0 Å². The second kappa shape index (κ2) is 143. The zero-order chi connectivity index (χ0) is 31.6. The van der Waals surface area contributed by atoms with Gasteiger partial charge in [0, 0.05) is 0 Å². The Labute approximate surface area is 244 Å². The van der Waals surface area contributed by atoms with Crippen LogP contribution in [-0.2, 0) is 63.8 Å². The van der Waals surface area contributed by atoms with Gasteiger partial charge in [0.15, 0.2) is 0 Å². The fourth-order valence-corrected chi connectivity index (χ4v) is 0. The standard InChI is InChI=1S/2C4H11S.2C3H8S.Co.6HNO2/c2*1-4-5(2)3;2*1-2-3-4;;6*2-1-3/h2*4H2,1-3H3;2*4H,2-3H2,1H3;;6*(H,2,3)/q2*+1;;;+2;;;;;;/p-4. The van der Waals surface area contributed by atoms with Gasteiger partial charge in [0.1, 0.15) is 23.0 Å². The first-order chi connectivity index (χ1) is 16.9. The predicted octanol–water partition coefficient (Wildman–Crippen LogP) is 4.09. The van der Waals surface area contributed by atoms with Crippen molar-refractivity contribution in [3.63, 3.8) is 0 Å². The van der Waals surface area contributed by atoms with Crippen LogP contribution < -0.4 is 0 Å². The Balaban J connectivity index is -0.0000000227. The van der Waals surface area contributed by atoms with Gasteiger partial charge in [-0.3, -0.25) is 0 Å². The molecule has 18 nitrogen and oxygen atoms in total. The topological polar surface area (TPSA) is 315 Å². The molecule has 0 amide bonds. The van der Waals surface area contributed by atoms with Crippen LogP contribution in [0.2, 0.25) is 0 Å². The van der Waals surface area contributed by atoms with E-state index in [1.54, 1.807) is 0 Å². The molecule has 37 heavy (non-hydrogen) atoms. The van der Waals surface area contributed by atoms with Gasteiger partial charge in [-0.25, -0.2) is 0 Å². The van der Waals surface area contributed by atoms with Crippen molar-refractivity contribution in [3.05, 3.63) is 60.7 Å². The SMILES string of the molecule is CCC[SH2+].CCC[SH2+].CC[S+](C)C.CC[S+](C)C.O=N[O-].O=N[O-].O=N[O-].O=N[O-].O=N[O-].O=N[O-].[Co+2]. The van der Waals surface area contributed by atoms with E-state index >= 15 is 0 Å². The summed E-state index contributed by atoms with van der Waals surface area (Å²) in [6.07, 6.45) is 11.5. The molecule has 0 aliphatic rings. The van der Waals surface area contributed by atoms with Crippen molar-refractivity contribution in [2.75, 3.05) is 48.0 Å². The summed E-state index contributed by atoms with van der Waals surface area (Å²) >= 11 is 6.58. The minimum Gasteiger partial charge on any atom is -0.444 e. The number of hydrogen-bond acceptors (Lipinski definition) is 18. The summed E-state index contributed by atoms with van der Waals surface area (Å²) < 4.78 is 0. The molecule has 231 valence electrons. The van der Waals surface area contributed by atoms with Crippen molar-refractivity contribution in [3.8, 4) is 0 Å². The van der Waals surface area contributed by atoms with Crippen molar-refractivity contribution in [2.24, 2.45) is 32.0 Å². The number of nitrogens with zero attached hydrogens (tertiary/aromatic N) is 6. The Morgan fingerprint density at radius 2 is 0.541 bits per heavy atom. The molecule has 0 atom stereocenters.